The maximum absolute atomic E-state index is 12.0. The highest BCUT2D eigenvalue weighted by molar-refractivity contribution is 7.09. The monoisotopic (exact) mass is 225 g/mol. The van der Waals surface area contributed by atoms with Crippen LogP contribution < -0.4 is 0 Å². The number of hydrogen-bond acceptors (Lipinski definition) is 4. The van der Waals surface area contributed by atoms with Gasteiger partial charge in [0.05, 0.1) is 11.6 Å². The van der Waals surface area contributed by atoms with Crippen molar-refractivity contribution in [3.63, 3.8) is 0 Å². The average Bonchev–Trinajstić information content (AvgIpc) is 2.86. The Balaban J connectivity index is 1.96. The Morgan fingerprint density at radius 2 is 2.60 bits per heavy atom. The van der Waals surface area contributed by atoms with Gasteiger partial charge in [-0.15, -0.1) is 11.3 Å². The van der Waals surface area contributed by atoms with E-state index in [4.69, 9.17) is 4.74 Å². The van der Waals surface area contributed by atoms with E-state index in [2.05, 4.69) is 11.9 Å². The third kappa shape index (κ3) is 2.44. The topological polar surface area (TPSA) is 39.2 Å². The van der Waals surface area contributed by atoms with E-state index in [9.17, 15) is 4.79 Å². The van der Waals surface area contributed by atoms with Gasteiger partial charge < -0.3 is 4.74 Å². The molecular formula is C11H15NO2S. The number of ketones is 1. The summed E-state index contributed by atoms with van der Waals surface area (Å²) in [5.74, 6) is 0.417. The van der Waals surface area contributed by atoms with Crippen molar-refractivity contribution in [3.8, 4) is 0 Å². The predicted octanol–water partition coefficient (Wildman–Crippen LogP) is 2.07. The van der Waals surface area contributed by atoms with Crippen molar-refractivity contribution in [1.29, 1.82) is 0 Å². The van der Waals surface area contributed by atoms with Crippen LogP contribution >= 0.6 is 11.3 Å². The lowest BCUT2D eigenvalue weighted by molar-refractivity contribution is -0.123. The first-order valence-electron chi connectivity index (χ1n) is 5.33. The molecule has 0 aliphatic carbocycles. The van der Waals surface area contributed by atoms with Crippen LogP contribution in [0.25, 0.3) is 0 Å². The Labute approximate surface area is 93.5 Å². The molecule has 82 valence electrons. The first kappa shape index (κ1) is 10.8. The zero-order chi connectivity index (χ0) is 10.7. The van der Waals surface area contributed by atoms with Gasteiger partial charge in [-0.05, 0) is 12.8 Å². The van der Waals surface area contributed by atoms with Crippen molar-refractivity contribution in [2.45, 2.75) is 32.3 Å². The van der Waals surface area contributed by atoms with Crippen molar-refractivity contribution in [2.75, 3.05) is 6.61 Å². The van der Waals surface area contributed by atoms with Gasteiger partial charge in [0.25, 0.3) is 0 Å². The summed E-state index contributed by atoms with van der Waals surface area (Å²) < 4.78 is 5.52. The molecule has 15 heavy (non-hydrogen) atoms. The van der Waals surface area contributed by atoms with Crippen LogP contribution in [0.1, 0.15) is 24.6 Å². The molecular weight excluding hydrogens is 210 g/mol. The molecule has 3 nitrogen and oxygen atoms in total. The Hall–Kier alpha value is -0.740. The number of Topliss-reactive ketones (excluding diaryl/α,β-unsaturated/α-hetero) is 1. The van der Waals surface area contributed by atoms with Crippen LogP contribution in [0.15, 0.2) is 11.7 Å². The second kappa shape index (κ2) is 4.86. The van der Waals surface area contributed by atoms with Gasteiger partial charge in [-0.3, -0.25) is 9.78 Å². The molecule has 1 saturated heterocycles. The Kier molecular flexibility index (Phi) is 3.49. The van der Waals surface area contributed by atoms with Crippen LogP contribution in [-0.2, 0) is 16.0 Å². The molecule has 0 aromatic carbocycles. The summed E-state index contributed by atoms with van der Waals surface area (Å²) in [6.45, 7) is 2.81. The van der Waals surface area contributed by atoms with E-state index in [1.807, 2.05) is 0 Å². The number of ether oxygens (including phenoxy) is 1. The summed E-state index contributed by atoms with van der Waals surface area (Å²) in [6, 6.07) is 0. The standard InChI is InChI=1S/C11H15NO2S/c1-2-11-9(3-4-14-11)10(13)5-8-6-12-7-15-8/h6-7,9,11H,2-5H2,1H3. The second-order valence-electron chi connectivity index (χ2n) is 3.82. The maximum Gasteiger partial charge on any atom is 0.143 e. The minimum absolute atomic E-state index is 0.108. The largest absolute Gasteiger partial charge is 0.377 e. The Bertz CT molecular complexity index is 323. The lowest BCUT2D eigenvalue weighted by atomic mass is 9.93. The minimum Gasteiger partial charge on any atom is -0.377 e. The summed E-state index contributed by atoms with van der Waals surface area (Å²) in [4.78, 5) is 17.0. The Morgan fingerprint density at radius 1 is 1.73 bits per heavy atom. The minimum atomic E-state index is 0.108. The van der Waals surface area contributed by atoms with Gasteiger partial charge in [-0.2, -0.15) is 0 Å². The van der Waals surface area contributed by atoms with E-state index in [1.165, 1.54) is 0 Å². The van der Waals surface area contributed by atoms with E-state index in [0.29, 0.717) is 12.2 Å². The van der Waals surface area contributed by atoms with Crippen LogP contribution in [0, 0.1) is 5.92 Å². The fraction of sp³-hybridized carbons (Fsp3) is 0.636. The molecule has 1 aliphatic rings. The molecule has 0 spiro atoms. The highest BCUT2D eigenvalue weighted by Crippen LogP contribution is 2.25. The first-order valence-corrected chi connectivity index (χ1v) is 6.21. The molecule has 2 atom stereocenters. The van der Waals surface area contributed by atoms with Crippen molar-refractivity contribution in [1.82, 2.24) is 4.98 Å². The van der Waals surface area contributed by atoms with Crippen molar-refractivity contribution >= 4 is 17.1 Å². The average molecular weight is 225 g/mol. The molecule has 1 aromatic rings. The van der Waals surface area contributed by atoms with Crippen molar-refractivity contribution in [2.24, 2.45) is 5.92 Å². The normalized spacial score (nSPS) is 25.7. The number of carbonyl (C=O) groups is 1. The van der Waals surface area contributed by atoms with Gasteiger partial charge in [0.2, 0.25) is 0 Å². The number of aromatic nitrogens is 1. The number of hydrogen-bond donors (Lipinski definition) is 0. The number of nitrogens with zero attached hydrogens (tertiary/aromatic N) is 1. The van der Waals surface area contributed by atoms with E-state index >= 15 is 0 Å². The zero-order valence-electron chi connectivity index (χ0n) is 8.81. The van der Waals surface area contributed by atoms with E-state index in [1.54, 1.807) is 23.0 Å². The first-order chi connectivity index (χ1) is 7.31. The molecule has 0 N–H and O–H groups in total. The van der Waals surface area contributed by atoms with Crippen LogP contribution in [0.2, 0.25) is 0 Å². The Morgan fingerprint density at radius 3 is 3.27 bits per heavy atom. The van der Waals surface area contributed by atoms with Gasteiger partial charge in [0.1, 0.15) is 5.78 Å². The summed E-state index contributed by atoms with van der Waals surface area (Å²) in [6.07, 6.45) is 4.26. The molecule has 1 fully saturated rings. The van der Waals surface area contributed by atoms with Gasteiger partial charge in [-0.1, -0.05) is 6.92 Å². The highest BCUT2D eigenvalue weighted by atomic mass is 32.1. The number of carbonyl (C=O) groups excluding carboxylic acids is 1. The quantitative estimate of drug-likeness (QED) is 0.787. The van der Waals surface area contributed by atoms with Crippen LogP contribution in [-0.4, -0.2) is 23.5 Å². The predicted molar refractivity (Wildman–Crippen MR) is 59.0 cm³/mol. The molecule has 1 aromatic heterocycles. The van der Waals surface area contributed by atoms with Gasteiger partial charge in [0, 0.05) is 30.0 Å². The summed E-state index contributed by atoms with van der Waals surface area (Å²) in [7, 11) is 0. The van der Waals surface area contributed by atoms with Crippen molar-refractivity contribution in [3.05, 3.63) is 16.6 Å². The highest BCUT2D eigenvalue weighted by Gasteiger charge is 2.32. The van der Waals surface area contributed by atoms with Crippen LogP contribution in [0.4, 0.5) is 0 Å². The third-order valence-corrected chi connectivity index (χ3v) is 3.64. The van der Waals surface area contributed by atoms with E-state index in [0.717, 1.165) is 24.3 Å². The summed E-state index contributed by atoms with van der Waals surface area (Å²) in [5, 5.41) is 0. The molecule has 0 amide bonds. The number of thiazole rings is 1. The number of rotatable bonds is 4. The second-order valence-corrected chi connectivity index (χ2v) is 4.79. The lowest BCUT2D eigenvalue weighted by Gasteiger charge is -2.14. The molecule has 1 aliphatic heterocycles. The van der Waals surface area contributed by atoms with Crippen molar-refractivity contribution < 1.29 is 9.53 Å². The summed E-state index contributed by atoms with van der Waals surface area (Å²) in [5.41, 5.74) is 1.77. The fourth-order valence-corrected chi connectivity index (χ4v) is 2.66. The molecule has 0 radical (unpaired) electrons. The van der Waals surface area contributed by atoms with E-state index < -0.39 is 0 Å². The molecule has 2 rings (SSSR count). The molecule has 2 heterocycles. The lowest BCUT2D eigenvalue weighted by Crippen LogP contribution is -2.24. The molecule has 4 heteroatoms. The fourth-order valence-electron chi connectivity index (χ4n) is 2.05. The van der Waals surface area contributed by atoms with Gasteiger partial charge in [-0.25, -0.2) is 0 Å². The van der Waals surface area contributed by atoms with Gasteiger partial charge >= 0.3 is 0 Å². The third-order valence-electron chi connectivity index (χ3n) is 2.86. The van der Waals surface area contributed by atoms with Gasteiger partial charge in [0.15, 0.2) is 0 Å². The van der Waals surface area contributed by atoms with Crippen LogP contribution in [0.5, 0.6) is 0 Å². The maximum atomic E-state index is 12.0. The zero-order valence-corrected chi connectivity index (χ0v) is 9.63. The van der Waals surface area contributed by atoms with Crippen LogP contribution in [0.3, 0.4) is 0 Å². The molecule has 0 bridgehead atoms. The smallest absolute Gasteiger partial charge is 0.143 e. The molecule has 0 saturated carbocycles. The van der Waals surface area contributed by atoms with E-state index in [-0.39, 0.29) is 12.0 Å². The SMILES string of the molecule is CCC1OCCC1C(=O)Cc1cncs1. The molecule has 2 unspecified atom stereocenters. The summed E-state index contributed by atoms with van der Waals surface area (Å²) >= 11 is 1.55.